The number of nitrogens with one attached hydrogen (secondary N) is 1. The average Bonchev–Trinajstić information content (AvgIpc) is 2.37. The minimum absolute atomic E-state index is 0.416. The largest absolute Gasteiger partial charge is 0.396 e. The van der Waals surface area contributed by atoms with Crippen molar-refractivity contribution in [2.45, 2.75) is 0 Å². The molecular formula is C13H8ClF2IN2O. The molecule has 0 fully saturated rings. The molecule has 0 aliphatic heterocycles. The van der Waals surface area contributed by atoms with Crippen LogP contribution in [0.4, 0.5) is 20.2 Å². The van der Waals surface area contributed by atoms with Crippen LogP contribution in [0.1, 0.15) is 10.4 Å². The number of hydrogen-bond acceptors (Lipinski definition) is 2. The Balaban J connectivity index is 2.33. The number of nitrogen functional groups attached to an aromatic ring is 1. The van der Waals surface area contributed by atoms with Crippen molar-refractivity contribution in [3.8, 4) is 0 Å². The molecular weight excluding hydrogens is 401 g/mol. The highest BCUT2D eigenvalue weighted by Crippen LogP contribution is 2.24. The molecule has 0 radical (unpaired) electrons. The highest BCUT2D eigenvalue weighted by atomic mass is 127. The molecule has 0 aromatic heterocycles. The van der Waals surface area contributed by atoms with E-state index in [-0.39, 0.29) is 0 Å². The number of anilines is 2. The summed E-state index contributed by atoms with van der Waals surface area (Å²) in [6, 6.07) is 6.40. The van der Waals surface area contributed by atoms with Crippen LogP contribution in [-0.2, 0) is 0 Å². The summed E-state index contributed by atoms with van der Waals surface area (Å²) in [4.78, 5) is 12.0. The van der Waals surface area contributed by atoms with E-state index in [4.69, 9.17) is 17.3 Å². The van der Waals surface area contributed by atoms with Crippen molar-refractivity contribution in [2.75, 3.05) is 11.1 Å². The van der Waals surface area contributed by atoms with Crippen LogP contribution in [0.5, 0.6) is 0 Å². The number of amides is 1. The lowest BCUT2D eigenvalue weighted by molar-refractivity contribution is 0.102. The van der Waals surface area contributed by atoms with Gasteiger partial charge in [0.2, 0.25) is 0 Å². The molecule has 3 nitrogen and oxygen atoms in total. The van der Waals surface area contributed by atoms with Crippen LogP contribution in [0.3, 0.4) is 0 Å². The van der Waals surface area contributed by atoms with Crippen LogP contribution in [0.25, 0.3) is 0 Å². The fourth-order valence-electron chi connectivity index (χ4n) is 1.56. The first-order chi connectivity index (χ1) is 9.38. The first kappa shape index (κ1) is 15.0. The molecule has 2 aromatic rings. The summed E-state index contributed by atoms with van der Waals surface area (Å²) < 4.78 is 27.6. The summed E-state index contributed by atoms with van der Waals surface area (Å²) in [7, 11) is 0. The van der Waals surface area contributed by atoms with Gasteiger partial charge in [-0.2, -0.15) is 0 Å². The molecule has 104 valence electrons. The number of carbonyl (C=O) groups excluding carboxylic acids is 1. The Morgan fingerprint density at radius 1 is 1.25 bits per heavy atom. The average molecular weight is 409 g/mol. The van der Waals surface area contributed by atoms with Crippen LogP contribution in [-0.4, -0.2) is 5.91 Å². The molecule has 0 atom stereocenters. The van der Waals surface area contributed by atoms with Gasteiger partial charge in [-0.3, -0.25) is 4.79 Å². The molecule has 0 saturated carbocycles. The topological polar surface area (TPSA) is 55.1 Å². The number of nitrogens with two attached hydrogens (primary N) is 1. The van der Waals surface area contributed by atoms with E-state index >= 15 is 0 Å². The molecule has 3 N–H and O–H groups in total. The lowest BCUT2D eigenvalue weighted by atomic mass is 10.1. The minimum atomic E-state index is -0.951. The van der Waals surface area contributed by atoms with E-state index < -0.39 is 28.8 Å². The maximum Gasteiger partial charge on any atom is 0.258 e. The van der Waals surface area contributed by atoms with E-state index in [1.165, 1.54) is 0 Å². The van der Waals surface area contributed by atoms with Crippen molar-refractivity contribution in [1.82, 2.24) is 0 Å². The first-order valence-corrected chi connectivity index (χ1v) is 6.85. The zero-order chi connectivity index (χ0) is 14.9. The molecule has 7 heteroatoms. The molecule has 0 unspecified atom stereocenters. The fourth-order valence-corrected chi connectivity index (χ4v) is 2.56. The van der Waals surface area contributed by atoms with E-state index in [2.05, 4.69) is 5.32 Å². The van der Waals surface area contributed by atoms with Gasteiger partial charge in [0.05, 0.1) is 16.9 Å². The van der Waals surface area contributed by atoms with Crippen molar-refractivity contribution in [3.63, 3.8) is 0 Å². The standard InChI is InChI=1S/C13H8ClF2IN2O/c14-6-1-2-11(9(17)3-6)19-13(20)8-4-7(15)5-10(18)12(8)16/h1-5H,18H2,(H,19,20). The van der Waals surface area contributed by atoms with Crippen molar-refractivity contribution in [2.24, 2.45) is 0 Å². The predicted octanol–water partition coefficient (Wildman–Crippen LogP) is 4.06. The number of hydrogen-bond donors (Lipinski definition) is 2. The van der Waals surface area contributed by atoms with E-state index in [9.17, 15) is 13.6 Å². The quantitative estimate of drug-likeness (QED) is 0.582. The van der Waals surface area contributed by atoms with Gasteiger partial charge in [-0.15, -0.1) is 0 Å². The monoisotopic (exact) mass is 408 g/mol. The van der Waals surface area contributed by atoms with E-state index in [1.54, 1.807) is 18.2 Å². The van der Waals surface area contributed by atoms with E-state index in [0.717, 1.165) is 12.1 Å². The van der Waals surface area contributed by atoms with Crippen LogP contribution in [0, 0.1) is 15.2 Å². The minimum Gasteiger partial charge on any atom is -0.396 e. The van der Waals surface area contributed by atoms with Gasteiger partial charge in [-0.25, -0.2) is 8.78 Å². The Bertz CT molecular complexity index is 694. The highest BCUT2D eigenvalue weighted by Gasteiger charge is 2.17. The van der Waals surface area contributed by atoms with E-state index in [1.807, 2.05) is 22.6 Å². The second kappa shape index (κ2) is 5.92. The normalized spacial score (nSPS) is 10.4. The molecule has 0 spiro atoms. The summed E-state index contributed by atoms with van der Waals surface area (Å²) in [5.74, 6) is -2.51. The Morgan fingerprint density at radius 2 is 1.95 bits per heavy atom. The van der Waals surface area contributed by atoms with Crippen LogP contribution >= 0.6 is 34.2 Å². The van der Waals surface area contributed by atoms with E-state index in [0.29, 0.717) is 14.3 Å². The Morgan fingerprint density at radius 3 is 2.60 bits per heavy atom. The van der Waals surface area contributed by atoms with Gasteiger partial charge in [0.15, 0.2) is 5.82 Å². The number of rotatable bonds is 2. The van der Waals surface area contributed by atoms with Crippen LogP contribution in [0.15, 0.2) is 30.3 Å². The summed E-state index contributed by atoms with van der Waals surface area (Å²) in [5.41, 5.74) is 4.87. The maximum atomic E-state index is 13.7. The molecule has 2 rings (SSSR count). The SMILES string of the molecule is Nc1cc(F)cc(C(=O)Nc2ccc(Cl)cc2I)c1F. The second-order valence-corrected chi connectivity index (χ2v) is 5.53. The fraction of sp³-hybridized carbons (Fsp3) is 0. The Labute approximate surface area is 132 Å². The zero-order valence-corrected chi connectivity index (χ0v) is 12.8. The lowest BCUT2D eigenvalue weighted by Gasteiger charge is -2.09. The Kier molecular flexibility index (Phi) is 4.44. The third-order valence-electron chi connectivity index (χ3n) is 2.49. The summed E-state index contributed by atoms with van der Waals surface area (Å²) >= 11 is 7.76. The predicted molar refractivity (Wildman–Crippen MR) is 82.9 cm³/mol. The molecule has 0 bridgehead atoms. The van der Waals surface area contributed by atoms with Gasteiger partial charge >= 0.3 is 0 Å². The van der Waals surface area contributed by atoms with Crippen LogP contribution < -0.4 is 11.1 Å². The first-order valence-electron chi connectivity index (χ1n) is 5.39. The molecule has 1 amide bonds. The Hall–Kier alpha value is -1.41. The van der Waals surface area contributed by atoms with Gasteiger partial charge in [0.25, 0.3) is 5.91 Å². The summed E-state index contributed by atoms with van der Waals surface area (Å²) in [6.45, 7) is 0. The molecule has 2 aromatic carbocycles. The maximum absolute atomic E-state index is 13.7. The van der Waals surface area contributed by atoms with Crippen molar-refractivity contribution in [1.29, 1.82) is 0 Å². The molecule has 0 aliphatic rings. The number of halogens is 4. The number of carbonyl (C=O) groups is 1. The third-order valence-corrected chi connectivity index (χ3v) is 3.62. The van der Waals surface area contributed by atoms with Gasteiger partial charge in [-0.1, -0.05) is 11.6 Å². The summed E-state index contributed by atoms with van der Waals surface area (Å²) in [5, 5.41) is 2.99. The molecule has 0 aliphatic carbocycles. The molecule has 0 heterocycles. The smallest absolute Gasteiger partial charge is 0.258 e. The van der Waals surface area contributed by atoms with Gasteiger partial charge < -0.3 is 11.1 Å². The van der Waals surface area contributed by atoms with Gasteiger partial charge in [0, 0.05) is 8.59 Å². The third kappa shape index (κ3) is 3.18. The molecule has 20 heavy (non-hydrogen) atoms. The zero-order valence-electron chi connectivity index (χ0n) is 9.88. The molecule has 0 saturated heterocycles. The van der Waals surface area contributed by atoms with Crippen molar-refractivity contribution in [3.05, 3.63) is 56.1 Å². The van der Waals surface area contributed by atoms with Crippen molar-refractivity contribution < 1.29 is 13.6 Å². The lowest BCUT2D eigenvalue weighted by Crippen LogP contribution is -2.16. The van der Waals surface area contributed by atoms with Crippen molar-refractivity contribution >= 4 is 51.5 Å². The van der Waals surface area contributed by atoms with Gasteiger partial charge in [-0.05, 0) is 52.9 Å². The van der Waals surface area contributed by atoms with Gasteiger partial charge in [0.1, 0.15) is 5.82 Å². The summed E-state index contributed by atoms with van der Waals surface area (Å²) in [6.07, 6.45) is 0. The highest BCUT2D eigenvalue weighted by molar-refractivity contribution is 14.1. The van der Waals surface area contributed by atoms with Crippen LogP contribution in [0.2, 0.25) is 5.02 Å². The second-order valence-electron chi connectivity index (χ2n) is 3.93. The number of benzene rings is 2.